The van der Waals surface area contributed by atoms with Crippen LogP contribution in [0.1, 0.15) is 28.8 Å². The number of para-hydroxylation sites is 1. The highest BCUT2D eigenvalue weighted by atomic mass is 19.1. The molecule has 1 saturated heterocycles. The number of nitrogens with zero attached hydrogens (tertiary/aromatic N) is 2. The Morgan fingerprint density at radius 3 is 2.23 bits per heavy atom. The summed E-state index contributed by atoms with van der Waals surface area (Å²) in [6.07, 6.45) is 1.62. The summed E-state index contributed by atoms with van der Waals surface area (Å²) in [5.74, 6) is -0.0727. The minimum absolute atomic E-state index is 0.0313. The Morgan fingerprint density at radius 2 is 1.57 bits per heavy atom. The fraction of sp³-hybridized carbons (Fsp3) is 0.240. The quantitative estimate of drug-likeness (QED) is 0.662. The van der Waals surface area contributed by atoms with E-state index in [1.165, 1.54) is 12.1 Å². The van der Waals surface area contributed by atoms with E-state index in [2.05, 4.69) is 4.90 Å². The summed E-state index contributed by atoms with van der Waals surface area (Å²) in [4.78, 5) is 17.4. The third-order valence-electron chi connectivity index (χ3n) is 5.65. The van der Waals surface area contributed by atoms with Gasteiger partial charge in [-0.2, -0.15) is 0 Å². The van der Waals surface area contributed by atoms with Crippen molar-refractivity contribution in [3.8, 4) is 5.75 Å². The van der Waals surface area contributed by atoms with E-state index < -0.39 is 0 Å². The fourth-order valence-electron chi connectivity index (χ4n) is 4.04. The first-order valence-corrected chi connectivity index (χ1v) is 10.3. The molecule has 0 atom stereocenters. The predicted molar refractivity (Wildman–Crippen MR) is 116 cm³/mol. The van der Waals surface area contributed by atoms with Crippen molar-refractivity contribution < 1.29 is 14.3 Å². The highest BCUT2D eigenvalue weighted by Gasteiger charge is 2.30. The molecule has 1 heterocycles. The van der Waals surface area contributed by atoms with Crippen LogP contribution in [-0.2, 0) is 6.54 Å². The van der Waals surface area contributed by atoms with E-state index in [1.807, 2.05) is 53.4 Å². The number of carbonyl (C=O) groups excluding carboxylic acids is 1. The number of phenolic OH excluding ortho intramolecular Hbond substituents is 1. The minimum atomic E-state index is -0.316. The van der Waals surface area contributed by atoms with E-state index in [-0.39, 0.29) is 17.8 Å². The monoisotopic (exact) mass is 404 g/mol. The molecular weight excluding hydrogens is 379 g/mol. The average molecular weight is 404 g/mol. The van der Waals surface area contributed by atoms with Crippen LogP contribution in [0.4, 0.5) is 10.1 Å². The Morgan fingerprint density at radius 1 is 0.933 bits per heavy atom. The third kappa shape index (κ3) is 4.52. The summed E-state index contributed by atoms with van der Waals surface area (Å²) in [6, 6.07) is 22.8. The van der Waals surface area contributed by atoms with Crippen molar-refractivity contribution in [2.75, 3.05) is 18.0 Å². The number of carbonyl (C=O) groups is 1. The lowest BCUT2D eigenvalue weighted by molar-refractivity contribution is 0.0958. The number of rotatable bonds is 5. The lowest BCUT2D eigenvalue weighted by Crippen LogP contribution is -2.47. The molecule has 0 bridgehead atoms. The van der Waals surface area contributed by atoms with Gasteiger partial charge in [0.25, 0.3) is 5.91 Å². The highest BCUT2D eigenvalue weighted by molar-refractivity contribution is 6.06. The van der Waals surface area contributed by atoms with Crippen LogP contribution in [-0.4, -0.2) is 35.0 Å². The Hall–Kier alpha value is -3.18. The molecule has 4 nitrogen and oxygen atoms in total. The van der Waals surface area contributed by atoms with E-state index >= 15 is 0 Å². The van der Waals surface area contributed by atoms with Gasteiger partial charge in [-0.05, 0) is 55.3 Å². The molecule has 1 aliphatic heterocycles. The van der Waals surface area contributed by atoms with Crippen molar-refractivity contribution in [3.05, 3.63) is 95.8 Å². The molecule has 30 heavy (non-hydrogen) atoms. The Labute approximate surface area is 176 Å². The van der Waals surface area contributed by atoms with Crippen LogP contribution in [0.3, 0.4) is 0 Å². The molecular formula is C25H25FN2O2. The molecule has 0 saturated carbocycles. The lowest BCUT2D eigenvalue weighted by Gasteiger charge is -2.38. The van der Waals surface area contributed by atoms with Gasteiger partial charge < -0.3 is 10.0 Å². The standard InChI is InChI=1S/C25H25FN2O2/c26-21-10-12-22(13-11-21)28(25(30)19-6-2-1-3-7-19)23-14-16-27(17-15-23)18-20-8-4-5-9-24(20)29/h1-13,23,29H,14-18H2. The SMILES string of the molecule is O=C(c1ccccc1)N(c1ccc(F)cc1)C1CCN(Cc2ccccc2O)CC1. The van der Waals surface area contributed by atoms with E-state index in [0.717, 1.165) is 31.5 Å². The largest absolute Gasteiger partial charge is 0.508 e. The number of benzene rings is 3. The van der Waals surface area contributed by atoms with Crippen molar-refractivity contribution in [2.45, 2.75) is 25.4 Å². The molecule has 1 N–H and O–H groups in total. The molecule has 1 fully saturated rings. The van der Waals surface area contributed by atoms with Crippen molar-refractivity contribution in [1.82, 2.24) is 4.90 Å². The van der Waals surface area contributed by atoms with Gasteiger partial charge in [-0.3, -0.25) is 9.69 Å². The number of halogens is 1. The Kier molecular flexibility index (Phi) is 6.10. The van der Waals surface area contributed by atoms with Gasteiger partial charge in [0, 0.05) is 42.5 Å². The van der Waals surface area contributed by atoms with Crippen molar-refractivity contribution in [1.29, 1.82) is 0 Å². The summed E-state index contributed by atoms with van der Waals surface area (Å²) in [7, 11) is 0. The molecule has 0 spiro atoms. The van der Waals surface area contributed by atoms with Crippen LogP contribution in [0.5, 0.6) is 5.75 Å². The summed E-state index contributed by atoms with van der Waals surface area (Å²) < 4.78 is 13.5. The number of hydrogen-bond donors (Lipinski definition) is 1. The van der Waals surface area contributed by atoms with Gasteiger partial charge in [0.05, 0.1) is 0 Å². The molecule has 3 aromatic rings. The molecule has 0 aliphatic carbocycles. The van der Waals surface area contributed by atoms with Gasteiger partial charge in [0.1, 0.15) is 11.6 Å². The van der Waals surface area contributed by atoms with Gasteiger partial charge in [0.2, 0.25) is 0 Å². The number of likely N-dealkylation sites (tertiary alicyclic amines) is 1. The smallest absolute Gasteiger partial charge is 0.258 e. The zero-order valence-electron chi connectivity index (χ0n) is 16.7. The van der Waals surface area contributed by atoms with Crippen LogP contribution in [0.25, 0.3) is 0 Å². The van der Waals surface area contributed by atoms with E-state index in [0.29, 0.717) is 23.5 Å². The minimum Gasteiger partial charge on any atom is -0.508 e. The average Bonchev–Trinajstić information content (AvgIpc) is 2.78. The van der Waals surface area contributed by atoms with E-state index in [4.69, 9.17) is 0 Å². The third-order valence-corrected chi connectivity index (χ3v) is 5.65. The maximum Gasteiger partial charge on any atom is 0.258 e. The Bertz CT molecular complexity index is 984. The topological polar surface area (TPSA) is 43.8 Å². The van der Waals surface area contributed by atoms with E-state index in [1.54, 1.807) is 18.2 Å². The van der Waals surface area contributed by atoms with Crippen molar-refractivity contribution in [3.63, 3.8) is 0 Å². The molecule has 154 valence electrons. The summed E-state index contributed by atoms with van der Waals surface area (Å²) >= 11 is 0. The van der Waals surface area contributed by atoms with E-state index in [9.17, 15) is 14.3 Å². The molecule has 1 aliphatic rings. The van der Waals surface area contributed by atoms with Crippen LogP contribution < -0.4 is 4.90 Å². The molecule has 1 amide bonds. The van der Waals surface area contributed by atoms with Crippen molar-refractivity contribution >= 4 is 11.6 Å². The van der Waals surface area contributed by atoms with Gasteiger partial charge >= 0.3 is 0 Å². The summed E-state index contributed by atoms with van der Waals surface area (Å²) in [5, 5.41) is 10.0. The first-order chi connectivity index (χ1) is 14.6. The Balaban J connectivity index is 1.51. The van der Waals surface area contributed by atoms with Crippen LogP contribution in [0, 0.1) is 5.82 Å². The van der Waals surface area contributed by atoms with Gasteiger partial charge in [0.15, 0.2) is 0 Å². The maximum atomic E-state index is 13.5. The molecule has 0 aromatic heterocycles. The normalized spacial score (nSPS) is 15.1. The van der Waals surface area contributed by atoms with Crippen molar-refractivity contribution in [2.24, 2.45) is 0 Å². The number of amides is 1. The number of hydrogen-bond acceptors (Lipinski definition) is 3. The van der Waals surface area contributed by atoms with Crippen LogP contribution >= 0.6 is 0 Å². The second-order valence-corrected chi connectivity index (χ2v) is 7.65. The molecule has 5 heteroatoms. The predicted octanol–water partition coefficient (Wildman–Crippen LogP) is 4.84. The fourth-order valence-corrected chi connectivity index (χ4v) is 4.04. The zero-order chi connectivity index (χ0) is 20.9. The molecule has 4 rings (SSSR count). The summed E-state index contributed by atoms with van der Waals surface area (Å²) in [6.45, 7) is 2.32. The van der Waals surface area contributed by atoms with Gasteiger partial charge in [-0.1, -0.05) is 36.4 Å². The number of anilines is 1. The molecule has 0 radical (unpaired) electrons. The lowest BCUT2D eigenvalue weighted by atomic mass is 10.00. The number of phenols is 1. The summed E-state index contributed by atoms with van der Waals surface area (Å²) in [5.41, 5.74) is 2.24. The number of aromatic hydroxyl groups is 1. The zero-order valence-corrected chi connectivity index (χ0v) is 16.7. The second-order valence-electron chi connectivity index (χ2n) is 7.65. The van der Waals surface area contributed by atoms with Gasteiger partial charge in [-0.25, -0.2) is 4.39 Å². The molecule has 0 unspecified atom stereocenters. The first kappa shape index (κ1) is 20.1. The first-order valence-electron chi connectivity index (χ1n) is 10.3. The maximum absolute atomic E-state index is 13.5. The van der Waals surface area contributed by atoms with Crippen LogP contribution in [0.15, 0.2) is 78.9 Å². The second kappa shape index (κ2) is 9.09. The van der Waals surface area contributed by atoms with Gasteiger partial charge in [-0.15, -0.1) is 0 Å². The highest BCUT2D eigenvalue weighted by Crippen LogP contribution is 2.27. The molecule has 3 aromatic carbocycles. The van der Waals surface area contributed by atoms with Crippen LogP contribution in [0.2, 0.25) is 0 Å². The number of piperidine rings is 1.